The Morgan fingerprint density at radius 1 is 1.12 bits per heavy atom. The molecule has 2 aromatic rings. The van der Waals surface area contributed by atoms with Crippen LogP contribution in [0.25, 0.3) is 0 Å². The van der Waals surface area contributed by atoms with Gasteiger partial charge < -0.3 is 5.32 Å². The van der Waals surface area contributed by atoms with E-state index in [9.17, 15) is 10.1 Å². The average molecular weight is 347 g/mol. The molecular formula is C22H25N3O. The van der Waals surface area contributed by atoms with E-state index in [1.165, 1.54) is 16.7 Å². The van der Waals surface area contributed by atoms with Crippen molar-refractivity contribution in [3.63, 3.8) is 0 Å². The molecule has 2 aromatic carbocycles. The Balaban J connectivity index is 1.60. The Hall–Kier alpha value is -2.64. The van der Waals surface area contributed by atoms with E-state index in [4.69, 9.17) is 0 Å². The van der Waals surface area contributed by atoms with Crippen LogP contribution in [-0.2, 0) is 23.3 Å². The second-order valence-corrected chi connectivity index (χ2v) is 7.92. The molecule has 1 amide bonds. The molecule has 0 radical (unpaired) electrons. The maximum absolute atomic E-state index is 12.4. The molecule has 1 N–H and O–H groups in total. The monoisotopic (exact) mass is 347 g/mol. The fourth-order valence-corrected chi connectivity index (χ4v) is 3.29. The molecule has 0 unspecified atom stereocenters. The zero-order valence-corrected chi connectivity index (χ0v) is 15.6. The number of benzene rings is 2. The van der Waals surface area contributed by atoms with Gasteiger partial charge in [0.1, 0.15) is 6.04 Å². The van der Waals surface area contributed by atoms with Crippen LogP contribution in [0.15, 0.2) is 48.5 Å². The topological polar surface area (TPSA) is 56.1 Å². The van der Waals surface area contributed by atoms with Gasteiger partial charge in [-0.1, -0.05) is 69.3 Å². The Morgan fingerprint density at radius 2 is 1.69 bits per heavy atom. The summed E-state index contributed by atoms with van der Waals surface area (Å²) in [5, 5.41) is 12.3. The van der Waals surface area contributed by atoms with E-state index in [2.05, 4.69) is 49.2 Å². The minimum atomic E-state index is -0.624. The van der Waals surface area contributed by atoms with Crippen molar-refractivity contribution in [2.24, 2.45) is 0 Å². The Kier molecular flexibility index (Phi) is 5.11. The first-order valence-corrected chi connectivity index (χ1v) is 8.95. The number of hydrogen-bond donors (Lipinski definition) is 1. The number of fused-ring (bicyclic) bond motifs is 1. The highest BCUT2D eigenvalue weighted by Gasteiger charge is 2.22. The van der Waals surface area contributed by atoms with Crippen molar-refractivity contribution >= 4 is 5.91 Å². The van der Waals surface area contributed by atoms with Crippen LogP contribution in [0.4, 0.5) is 0 Å². The maximum Gasteiger partial charge on any atom is 0.235 e. The number of carbonyl (C=O) groups is 1. The summed E-state index contributed by atoms with van der Waals surface area (Å²) in [6, 6.07) is 17.7. The minimum absolute atomic E-state index is 0.0642. The first-order chi connectivity index (χ1) is 12.4. The van der Waals surface area contributed by atoms with Gasteiger partial charge in [0.15, 0.2) is 0 Å². The summed E-state index contributed by atoms with van der Waals surface area (Å²) in [4.78, 5) is 14.5. The lowest BCUT2D eigenvalue weighted by Crippen LogP contribution is -2.36. The first kappa shape index (κ1) is 18.2. The van der Waals surface area contributed by atoms with Crippen LogP contribution in [0.1, 0.15) is 49.1 Å². The van der Waals surface area contributed by atoms with E-state index in [0.29, 0.717) is 6.54 Å². The molecule has 134 valence electrons. The lowest BCUT2D eigenvalue weighted by atomic mass is 9.86. The number of amides is 1. The van der Waals surface area contributed by atoms with Crippen LogP contribution >= 0.6 is 0 Å². The number of hydrogen-bond acceptors (Lipinski definition) is 3. The van der Waals surface area contributed by atoms with Gasteiger partial charge in [0, 0.05) is 13.1 Å². The highest BCUT2D eigenvalue weighted by molar-refractivity contribution is 5.79. The van der Waals surface area contributed by atoms with Crippen LogP contribution in [-0.4, -0.2) is 17.4 Å². The molecule has 1 aliphatic heterocycles. The lowest BCUT2D eigenvalue weighted by Gasteiger charge is -2.20. The van der Waals surface area contributed by atoms with Gasteiger partial charge in [-0.25, -0.2) is 0 Å². The van der Waals surface area contributed by atoms with E-state index in [1.807, 2.05) is 36.4 Å². The normalized spacial score (nSPS) is 15.2. The first-order valence-electron chi connectivity index (χ1n) is 8.95. The van der Waals surface area contributed by atoms with Crippen LogP contribution in [0.2, 0.25) is 0 Å². The Labute approximate surface area is 155 Å². The van der Waals surface area contributed by atoms with Crippen molar-refractivity contribution in [1.29, 1.82) is 5.26 Å². The van der Waals surface area contributed by atoms with E-state index in [-0.39, 0.29) is 11.3 Å². The van der Waals surface area contributed by atoms with Gasteiger partial charge in [-0.05, 0) is 27.7 Å². The highest BCUT2D eigenvalue weighted by atomic mass is 16.2. The maximum atomic E-state index is 12.4. The molecule has 1 atom stereocenters. The van der Waals surface area contributed by atoms with Crippen molar-refractivity contribution in [1.82, 2.24) is 10.2 Å². The van der Waals surface area contributed by atoms with E-state index in [1.54, 1.807) is 0 Å². The van der Waals surface area contributed by atoms with Crippen molar-refractivity contribution in [2.45, 2.75) is 45.3 Å². The van der Waals surface area contributed by atoms with Crippen LogP contribution in [0.3, 0.4) is 0 Å². The SMILES string of the molecule is CC(C)(C)c1ccc([C@H](C#N)NC(=O)CN2Cc3ccccc3C2)cc1. The molecule has 1 heterocycles. The molecule has 3 rings (SSSR count). The number of carbonyl (C=O) groups excluding carboxylic acids is 1. The highest BCUT2D eigenvalue weighted by Crippen LogP contribution is 2.24. The molecule has 26 heavy (non-hydrogen) atoms. The third-order valence-electron chi connectivity index (χ3n) is 4.82. The summed E-state index contributed by atoms with van der Waals surface area (Å²) in [5.41, 5.74) is 4.64. The van der Waals surface area contributed by atoms with Crippen molar-refractivity contribution in [2.75, 3.05) is 6.54 Å². The summed E-state index contributed by atoms with van der Waals surface area (Å²) in [7, 11) is 0. The molecule has 0 aliphatic carbocycles. The number of rotatable bonds is 4. The Bertz CT molecular complexity index is 803. The third-order valence-corrected chi connectivity index (χ3v) is 4.82. The van der Waals surface area contributed by atoms with Crippen molar-refractivity contribution < 1.29 is 4.79 Å². The summed E-state index contributed by atoms with van der Waals surface area (Å²) in [5.74, 6) is -0.121. The summed E-state index contributed by atoms with van der Waals surface area (Å²) in [6.45, 7) is 8.31. The molecule has 4 heteroatoms. The van der Waals surface area contributed by atoms with Crippen molar-refractivity contribution in [3.8, 4) is 6.07 Å². The minimum Gasteiger partial charge on any atom is -0.336 e. The predicted molar refractivity (Wildman–Crippen MR) is 102 cm³/mol. The molecule has 4 nitrogen and oxygen atoms in total. The summed E-state index contributed by atoms with van der Waals surface area (Å²) >= 11 is 0. The van der Waals surface area contributed by atoms with E-state index in [0.717, 1.165) is 18.7 Å². The molecule has 0 spiro atoms. The smallest absolute Gasteiger partial charge is 0.235 e. The standard InChI is InChI=1S/C22H25N3O/c1-22(2,3)19-10-8-16(9-11-19)20(12-23)24-21(26)15-25-13-17-6-4-5-7-18(17)14-25/h4-11,20H,13-15H2,1-3H3,(H,24,26)/t20-/m0/s1. The molecular weight excluding hydrogens is 322 g/mol. The van der Waals surface area contributed by atoms with Gasteiger partial charge in [-0.2, -0.15) is 5.26 Å². The van der Waals surface area contributed by atoms with Gasteiger partial charge >= 0.3 is 0 Å². The molecule has 0 saturated carbocycles. The molecule has 0 bridgehead atoms. The van der Waals surface area contributed by atoms with Crippen LogP contribution < -0.4 is 5.32 Å². The summed E-state index contributed by atoms with van der Waals surface area (Å²) < 4.78 is 0. The van der Waals surface area contributed by atoms with Gasteiger partial charge in [0.25, 0.3) is 0 Å². The number of nitriles is 1. The average Bonchev–Trinajstić information content (AvgIpc) is 3.01. The fraction of sp³-hybridized carbons (Fsp3) is 0.364. The lowest BCUT2D eigenvalue weighted by molar-refractivity contribution is -0.122. The second-order valence-electron chi connectivity index (χ2n) is 7.92. The Morgan fingerprint density at radius 3 is 2.19 bits per heavy atom. The molecule has 0 saturated heterocycles. The van der Waals surface area contributed by atoms with Gasteiger partial charge in [0.05, 0.1) is 12.6 Å². The largest absolute Gasteiger partial charge is 0.336 e. The van der Waals surface area contributed by atoms with E-state index < -0.39 is 6.04 Å². The third kappa shape index (κ3) is 4.12. The van der Waals surface area contributed by atoms with Gasteiger partial charge in [0.2, 0.25) is 5.91 Å². The van der Waals surface area contributed by atoms with E-state index >= 15 is 0 Å². The zero-order chi connectivity index (χ0) is 18.7. The van der Waals surface area contributed by atoms with Gasteiger partial charge in [-0.3, -0.25) is 9.69 Å². The second kappa shape index (κ2) is 7.31. The molecule has 1 aliphatic rings. The quantitative estimate of drug-likeness (QED) is 0.918. The molecule has 0 fully saturated rings. The van der Waals surface area contributed by atoms with Crippen LogP contribution in [0, 0.1) is 11.3 Å². The van der Waals surface area contributed by atoms with Crippen molar-refractivity contribution in [3.05, 3.63) is 70.8 Å². The molecule has 0 aromatic heterocycles. The van der Waals surface area contributed by atoms with Crippen LogP contribution in [0.5, 0.6) is 0 Å². The number of nitrogens with zero attached hydrogens (tertiary/aromatic N) is 2. The predicted octanol–water partition coefficient (Wildman–Crippen LogP) is 3.68. The zero-order valence-electron chi connectivity index (χ0n) is 15.6. The summed E-state index contributed by atoms with van der Waals surface area (Å²) in [6.07, 6.45) is 0. The fourth-order valence-electron chi connectivity index (χ4n) is 3.29. The number of nitrogens with one attached hydrogen (secondary N) is 1. The van der Waals surface area contributed by atoms with Gasteiger partial charge in [-0.15, -0.1) is 0 Å².